The highest BCUT2D eigenvalue weighted by Gasteiger charge is 2.31. The molecule has 1 aliphatic heterocycles. The van der Waals surface area contributed by atoms with Gasteiger partial charge in [0.05, 0.1) is 0 Å². The molecular weight excluding hydrogens is 224 g/mol. The molecule has 3 nitrogen and oxygen atoms in total. The summed E-state index contributed by atoms with van der Waals surface area (Å²) >= 11 is 0. The second-order valence-corrected chi connectivity index (χ2v) is 6.26. The maximum atomic E-state index is 12.3. The molecule has 3 heteroatoms. The first-order valence-corrected chi connectivity index (χ1v) is 7.64. The molecule has 1 heterocycles. The average molecular weight is 252 g/mol. The van der Waals surface area contributed by atoms with Crippen molar-refractivity contribution in [2.24, 2.45) is 17.8 Å². The van der Waals surface area contributed by atoms with Crippen molar-refractivity contribution in [1.29, 1.82) is 0 Å². The lowest BCUT2D eigenvalue weighted by Crippen LogP contribution is -2.36. The highest BCUT2D eigenvalue weighted by Crippen LogP contribution is 2.32. The van der Waals surface area contributed by atoms with E-state index in [0.29, 0.717) is 17.7 Å². The monoisotopic (exact) mass is 252 g/mol. The van der Waals surface area contributed by atoms with Gasteiger partial charge in [-0.25, -0.2) is 0 Å². The molecule has 1 saturated heterocycles. The van der Waals surface area contributed by atoms with Gasteiger partial charge in [0, 0.05) is 19.5 Å². The van der Waals surface area contributed by atoms with E-state index in [1.54, 1.807) is 0 Å². The molecule has 18 heavy (non-hydrogen) atoms. The van der Waals surface area contributed by atoms with Gasteiger partial charge in [-0.3, -0.25) is 4.79 Å². The first kappa shape index (κ1) is 13.9. The third-order valence-electron chi connectivity index (χ3n) is 4.89. The molecule has 0 spiro atoms. The van der Waals surface area contributed by atoms with Crippen LogP contribution in [0.2, 0.25) is 0 Å². The summed E-state index contributed by atoms with van der Waals surface area (Å²) in [5.74, 6) is 2.12. The Morgan fingerprint density at radius 3 is 2.56 bits per heavy atom. The van der Waals surface area contributed by atoms with E-state index in [-0.39, 0.29) is 0 Å². The fourth-order valence-electron chi connectivity index (χ4n) is 3.45. The number of amides is 1. The van der Waals surface area contributed by atoms with E-state index < -0.39 is 0 Å². The van der Waals surface area contributed by atoms with E-state index in [4.69, 9.17) is 0 Å². The van der Waals surface area contributed by atoms with Gasteiger partial charge in [-0.1, -0.05) is 13.3 Å². The second kappa shape index (κ2) is 6.55. The lowest BCUT2D eigenvalue weighted by molar-refractivity contribution is -0.135. The van der Waals surface area contributed by atoms with Crippen molar-refractivity contribution in [2.45, 2.75) is 45.4 Å². The minimum atomic E-state index is 0.308. The Kier molecular flexibility index (Phi) is 5.04. The van der Waals surface area contributed by atoms with Gasteiger partial charge in [-0.2, -0.15) is 0 Å². The lowest BCUT2D eigenvalue weighted by atomic mass is 9.93. The van der Waals surface area contributed by atoms with Crippen molar-refractivity contribution in [1.82, 2.24) is 10.2 Å². The smallest absolute Gasteiger partial charge is 0.225 e. The Morgan fingerprint density at radius 1 is 1.22 bits per heavy atom. The van der Waals surface area contributed by atoms with Crippen LogP contribution in [0.4, 0.5) is 0 Å². The Hall–Kier alpha value is -0.570. The van der Waals surface area contributed by atoms with Crippen LogP contribution in [0, 0.1) is 17.8 Å². The number of hydrogen-bond acceptors (Lipinski definition) is 2. The van der Waals surface area contributed by atoms with Crippen LogP contribution in [0.5, 0.6) is 0 Å². The van der Waals surface area contributed by atoms with Crippen LogP contribution in [0.25, 0.3) is 0 Å². The molecule has 2 unspecified atom stereocenters. The van der Waals surface area contributed by atoms with Crippen molar-refractivity contribution in [3.8, 4) is 0 Å². The molecule has 2 aliphatic rings. The molecule has 0 radical (unpaired) electrons. The molecule has 0 aromatic heterocycles. The summed E-state index contributed by atoms with van der Waals surface area (Å²) in [6, 6.07) is 0. The number of carbonyl (C=O) groups is 1. The van der Waals surface area contributed by atoms with Gasteiger partial charge in [0.1, 0.15) is 0 Å². The van der Waals surface area contributed by atoms with E-state index >= 15 is 0 Å². The van der Waals surface area contributed by atoms with Gasteiger partial charge in [0.2, 0.25) is 5.91 Å². The molecule has 0 aromatic carbocycles. The van der Waals surface area contributed by atoms with Gasteiger partial charge in [0.25, 0.3) is 0 Å². The van der Waals surface area contributed by atoms with Gasteiger partial charge < -0.3 is 10.2 Å². The molecule has 0 aromatic rings. The summed E-state index contributed by atoms with van der Waals surface area (Å²) < 4.78 is 0. The molecule has 2 atom stereocenters. The highest BCUT2D eigenvalue weighted by molar-refractivity contribution is 5.79. The number of piperidine rings is 1. The summed E-state index contributed by atoms with van der Waals surface area (Å²) in [7, 11) is 1.99. The van der Waals surface area contributed by atoms with E-state index in [0.717, 1.165) is 32.0 Å². The summed E-state index contributed by atoms with van der Waals surface area (Å²) in [5.41, 5.74) is 0. The van der Waals surface area contributed by atoms with Crippen LogP contribution in [0.1, 0.15) is 45.4 Å². The van der Waals surface area contributed by atoms with Crippen molar-refractivity contribution < 1.29 is 4.79 Å². The second-order valence-electron chi connectivity index (χ2n) is 6.26. The zero-order chi connectivity index (χ0) is 13.0. The van der Waals surface area contributed by atoms with Crippen molar-refractivity contribution in [3.63, 3.8) is 0 Å². The maximum absolute atomic E-state index is 12.3. The topological polar surface area (TPSA) is 32.3 Å². The van der Waals surface area contributed by atoms with Gasteiger partial charge in [-0.15, -0.1) is 0 Å². The molecule has 2 rings (SSSR count). The first-order chi connectivity index (χ1) is 8.68. The Morgan fingerprint density at radius 2 is 1.94 bits per heavy atom. The number of rotatable bonds is 4. The third kappa shape index (κ3) is 3.47. The number of nitrogens with one attached hydrogen (secondary N) is 1. The van der Waals surface area contributed by atoms with Crippen LogP contribution in [0.15, 0.2) is 0 Å². The van der Waals surface area contributed by atoms with Crippen LogP contribution in [0.3, 0.4) is 0 Å². The molecule has 0 bridgehead atoms. The lowest BCUT2D eigenvalue weighted by Gasteiger charge is -2.27. The van der Waals surface area contributed by atoms with Crippen molar-refractivity contribution >= 4 is 5.91 Å². The van der Waals surface area contributed by atoms with Crippen LogP contribution in [-0.4, -0.2) is 37.5 Å². The van der Waals surface area contributed by atoms with E-state index in [1.807, 2.05) is 11.9 Å². The van der Waals surface area contributed by atoms with E-state index in [9.17, 15) is 4.79 Å². The zero-order valence-electron chi connectivity index (χ0n) is 12.0. The third-order valence-corrected chi connectivity index (χ3v) is 4.89. The van der Waals surface area contributed by atoms with Crippen molar-refractivity contribution in [3.05, 3.63) is 0 Å². The fourth-order valence-corrected chi connectivity index (χ4v) is 3.45. The number of nitrogens with zero attached hydrogens (tertiary/aromatic N) is 1. The minimum absolute atomic E-state index is 0.308. The predicted octanol–water partition coefficient (Wildman–Crippen LogP) is 2.27. The minimum Gasteiger partial charge on any atom is -0.346 e. The van der Waals surface area contributed by atoms with Crippen molar-refractivity contribution in [2.75, 3.05) is 26.7 Å². The van der Waals surface area contributed by atoms with Crippen LogP contribution < -0.4 is 5.32 Å². The number of hydrogen-bond donors (Lipinski definition) is 1. The maximum Gasteiger partial charge on any atom is 0.225 e. The SMILES string of the molecule is CC1CCCC1C(=O)N(C)CCC1CCNCC1. The summed E-state index contributed by atoms with van der Waals surface area (Å²) in [6.45, 7) is 5.49. The average Bonchev–Trinajstić information content (AvgIpc) is 2.82. The van der Waals surface area contributed by atoms with Gasteiger partial charge in [-0.05, 0) is 57.0 Å². The Balaban J connectivity index is 1.73. The molecule has 1 aliphatic carbocycles. The molecule has 1 N–H and O–H groups in total. The summed E-state index contributed by atoms with van der Waals surface area (Å²) in [5, 5.41) is 3.40. The Bertz CT molecular complexity index is 274. The zero-order valence-corrected chi connectivity index (χ0v) is 12.0. The first-order valence-electron chi connectivity index (χ1n) is 7.64. The molecule has 104 valence electrons. The summed E-state index contributed by atoms with van der Waals surface area (Å²) in [4.78, 5) is 14.3. The molecule has 2 fully saturated rings. The largest absolute Gasteiger partial charge is 0.346 e. The molecule has 1 amide bonds. The van der Waals surface area contributed by atoms with E-state index in [1.165, 1.54) is 32.1 Å². The molecular formula is C15H28N2O. The normalized spacial score (nSPS) is 29.4. The number of carbonyl (C=O) groups excluding carboxylic acids is 1. The molecule has 1 saturated carbocycles. The summed E-state index contributed by atoms with van der Waals surface area (Å²) in [6.07, 6.45) is 7.32. The standard InChI is InChI=1S/C15H28N2O/c1-12-4-3-5-14(12)15(18)17(2)11-8-13-6-9-16-10-7-13/h12-14,16H,3-11H2,1-2H3. The van der Waals surface area contributed by atoms with E-state index in [2.05, 4.69) is 12.2 Å². The highest BCUT2D eigenvalue weighted by atomic mass is 16.2. The van der Waals surface area contributed by atoms with Gasteiger partial charge >= 0.3 is 0 Å². The van der Waals surface area contributed by atoms with Crippen LogP contribution in [-0.2, 0) is 4.79 Å². The quantitative estimate of drug-likeness (QED) is 0.832. The van der Waals surface area contributed by atoms with Gasteiger partial charge in [0.15, 0.2) is 0 Å². The Labute approximate surface area is 111 Å². The van der Waals surface area contributed by atoms with Crippen LogP contribution >= 0.6 is 0 Å². The predicted molar refractivity (Wildman–Crippen MR) is 74.4 cm³/mol. The fraction of sp³-hybridized carbons (Fsp3) is 0.933.